The Morgan fingerprint density at radius 3 is 2.33 bits per heavy atom. The highest BCUT2D eigenvalue weighted by atomic mass is 79.9. The summed E-state index contributed by atoms with van der Waals surface area (Å²) in [5.74, 6) is 0.638. The molecule has 1 heterocycles. The van der Waals surface area contributed by atoms with Gasteiger partial charge in [0.25, 0.3) is 5.69 Å². The number of ether oxygens (including phenoxy) is 2. The molecule has 0 saturated carbocycles. The van der Waals surface area contributed by atoms with Crippen LogP contribution in [0.25, 0.3) is 0 Å². The van der Waals surface area contributed by atoms with Gasteiger partial charge in [0, 0.05) is 12.1 Å². The van der Waals surface area contributed by atoms with E-state index in [4.69, 9.17) is 9.47 Å². The molecule has 0 radical (unpaired) electrons. The molecule has 1 aromatic carbocycles. The molecular weight excluding hydrogens is 478 g/mol. The summed E-state index contributed by atoms with van der Waals surface area (Å²) in [7, 11) is 1.47. The van der Waals surface area contributed by atoms with Crippen molar-refractivity contribution >= 4 is 53.5 Å². The van der Waals surface area contributed by atoms with Crippen LogP contribution in [-0.4, -0.2) is 22.0 Å². The molecular formula is C11H6Br3N3O4. The number of hydrogen-bond donors (Lipinski definition) is 0. The number of methoxy groups -OCH3 is 1. The van der Waals surface area contributed by atoms with Crippen molar-refractivity contribution in [3.8, 4) is 17.6 Å². The van der Waals surface area contributed by atoms with Gasteiger partial charge in [-0.05, 0) is 47.8 Å². The molecule has 0 aliphatic heterocycles. The van der Waals surface area contributed by atoms with Crippen LogP contribution < -0.4 is 9.47 Å². The highest BCUT2D eigenvalue weighted by Gasteiger charge is 2.17. The van der Waals surface area contributed by atoms with Gasteiger partial charge in [-0.1, -0.05) is 0 Å². The van der Waals surface area contributed by atoms with Crippen LogP contribution in [-0.2, 0) is 0 Å². The average molecular weight is 484 g/mol. The Kier molecular flexibility index (Phi) is 5.12. The van der Waals surface area contributed by atoms with Gasteiger partial charge in [-0.25, -0.2) is 4.98 Å². The van der Waals surface area contributed by atoms with Gasteiger partial charge in [0.1, 0.15) is 0 Å². The fourth-order valence-electron chi connectivity index (χ4n) is 1.37. The molecule has 0 amide bonds. The van der Waals surface area contributed by atoms with E-state index < -0.39 is 4.92 Å². The van der Waals surface area contributed by atoms with E-state index in [0.717, 1.165) is 0 Å². The molecule has 7 nitrogen and oxygen atoms in total. The second kappa shape index (κ2) is 6.67. The van der Waals surface area contributed by atoms with E-state index in [-0.39, 0.29) is 11.7 Å². The number of nitro groups is 1. The minimum Gasteiger partial charge on any atom is -0.480 e. The van der Waals surface area contributed by atoms with Crippen LogP contribution in [0.2, 0.25) is 0 Å². The van der Waals surface area contributed by atoms with Crippen molar-refractivity contribution in [1.29, 1.82) is 0 Å². The summed E-state index contributed by atoms with van der Waals surface area (Å²) < 4.78 is 12.0. The maximum Gasteiger partial charge on any atom is 0.325 e. The fourth-order valence-corrected chi connectivity index (χ4v) is 3.05. The predicted octanol–water partition coefficient (Wildman–Crippen LogP) is 4.47. The van der Waals surface area contributed by atoms with Gasteiger partial charge in [-0.3, -0.25) is 10.1 Å². The lowest BCUT2D eigenvalue weighted by molar-refractivity contribution is -0.385. The normalized spacial score (nSPS) is 10.3. The summed E-state index contributed by atoms with van der Waals surface area (Å²) in [5, 5.41) is 10.8. The molecule has 0 N–H and O–H groups in total. The zero-order valence-corrected chi connectivity index (χ0v) is 15.1. The summed E-state index contributed by atoms with van der Waals surface area (Å²) >= 11 is 9.67. The first kappa shape index (κ1) is 16.1. The molecule has 21 heavy (non-hydrogen) atoms. The number of non-ortho nitro benzene ring substituents is 1. The highest BCUT2D eigenvalue weighted by molar-refractivity contribution is 9.11. The van der Waals surface area contributed by atoms with Crippen LogP contribution >= 0.6 is 47.8 Å². The first-order valence-electron chi connectivity index (χ1n) is 5.30. The summed E-state index contributed by atoms with van der Waals surface area (Å²) in [4.78, 5) is 18.3. The molecule has 0 unspecified atom stereocenters. The smallest absolute Gasteiger partial charge is 0.325 e. The largest absolute Gasteiger partial charge is 0.480 e. The predicted molar refractivity (Wildman–Crippen MR) is 84.9 cm³/mol. The zero-order chi connectivity index (χ0) is 15.6. The maximum absolute atomic E-state index is 10.8. The Labute approximate surface area is 144 Å². The van der Waals surface area contributed by atoms with Gasteiger partial charge in [0.05, 0.1) is 31.6 Å². The van der Waals surface area contributed by atoms with Crippen molar-refractivity contribution in [2.24, 2.45) is 0 Å². The fraction of sp³-hybridized carbons (Fsp3) is 0.0909. The Balaban J connectivity index is 2.38. The van der Waals surface area contributed by atoms with Gasteiger partial charge in [0.15, 0.2) is 5.75 Å². The Hall–Kier alpha value is -1.26. The summed E-state index contributed by atoms with van der Waals surface area (Å²) in [6.45, 7) is 0. The quantitative estimate of drug-likeness (QED) is 0.471. The Morgan fingerprint density at radius 1 is 1.19 bits per heavy atom. The second-order valence-electron chi connectivity index (χ2n) is 3.61. The van der Waals surface area contributed by atoms with E-state index in [1.165, 1.54) is 25.4 Å². The molecule has 2 rings (SSSR count). The molecule has 0 spiro atoms. The summed E-state index contributed by atoms with van der Waals surface area (Å²) in [5.41, 5.74) is -0.0737. The lowest BCUT2D eigenvalue weighted by atomic mass is 10.3. The zero-order valence-electron chi connectivity index (χ0n) is 10.3. The molecule has 0 fully saturated rings. The molecule has 110 valence electrons. The van der Waals surface area contributed by atoms with E-state index in [1.807, 2.05) is 0 Å². The van der Waals surface area contributed by atoms with Crippen LogP contribution in [0.3, 0.4) is 0 Å². The second-order valence-corrected chi connectivity index (χ2v) is 6.17. The van der Waals surface area contributed by atoms with Crippen molar-refractivity contribution in [1.82, 2.24) is 9.97 Å². The van der Waals surface area contributed by atoms with E-state index >= 15 is 0 Å². The Bertz CT molecular complexity index is 688. The van der Waals surface area contributed by atoms with E-state index in [0.29, 0.717) is 25.0 Å². The maximum atomic E-state index is 10.8. The number of aromatic nitrogens is 2. The summed E-state index contributed by atoms with van der Waals surface area (Å²) in [6.07, 6.45) is 1.48. The van der Waals surface area contributed by atoms with E-state index in [2.05, 4.69) is 57.8 Å². The molecule has 0 bridgehead atoms. The molecule has 0 aliphatic rings. The first-order chi connectivity index (χ1) is 9.92. The van der Waals surface area contributed by atoms with Crippen molar-refractivity contribution < 1.29 is 14.4 Å². The highest BCUT2D eigenvalue weighted by Crippen LogP contribution is 2.39. The SMILES string of the molecule is COc1nc(Oc2c(Br)cc([N+](=O)[O-])cc2Br)ncc1Br. The van der Waals surface area contributed by atoms with Crippen molar-refractivity contribution in [3.63, 3.8) is 0 Å². The van der Waals surface area contributed by atoms with E-state index in [9.17, 15) is 10.1 Å². The van der Waals surface area contributed by atoms with Gasteiger partial charge >= 0.3 is 6.01 Å². The third-order valence-electron chi connectivity index (χ3n) is 2.27. The third-order valence-corrected chi connectivity index (χ3v) is 3.99. The molecule has 0 aliphatic carbocycles. The summed E-state index contributed by atoms with van der Waals surface area (Å²) in [6, 6.07) is 2.71. The molecule has 2 aromatic rings. The van der Waals surface area contributed by atoms with Crippen molar-refractivity contribution in [3.05, 3.63) is 41.9 Å². The van der Waals surface area contributed by atoms with Gasteiger partial charge < -0.3 is 9.47 Å². The lowest BCUT2D eigenvalue weighted by Crippen LogP contribution is -1.97. The Morgan fingerprint density at radius 2 is 1.81 bits per heavy atom. The standard InChI is InChI=1S/C11H6Br3N3O4/c1-20-10-8(14)4-15-11(16-10)21-9-6(12)2-5(17(18)19)3-7(9)13/h2-4H,1H3. The minimum atomic E-state index is -0.502. The number of halogens is 3. The third kappa shape index (κ3) is 3.69. The van der Waals surface area contributed by atoms with Crippen LogP contribution in [0, 0.1) is 10.1 Å². The number of nitro benzene ring substituents is 1. The topological polar surface area (TPSA) is 87.4 Å². The molecule has 0 atom stereocenters. The van der Waals surface area contributed by atoms with Crippen LogP contribution in [0.1, 0.15) is 0 Å². The van der Waals surface area contributed by atoms with E-state index in [1.54, 1.807) is 0 Å². The van der Waals surface area contributed by atoms with Crippen LogP contribution in [0.5, 0.6) is 17.6 Å². The van der Waals surface area contributed by atoms with Gasteiger partial charge in [0.2, 0.25) is 5.88 Å². The molecule has 10 heteroatoms. The minimum absolute atomic E-state index is 0.0466. The number of benzene rings is 1. The monoisotopic (exact) mass is 481 g/mol. The van der Waals surface area contributed by atoms with Gasteiger partial charge in [-0.2, -0.15) is 4.98 Å². The van der Waals surface area contributed by atoms with Crippen molar-refractivity contribution in [2.45, 2.75) is 0 Å². The number of rotatable bonds is 4. The lowest BCUT2D eigenvalue weighted by Gasteiger charge is -2.09. The van der Waals surface area contributed by atoms with Crippen molar-refractivity contribution in [2.75, 3.05) is 7.11 Å². The van der Waals surface area contributed by atoms with Crippen LogP contribution in [0.15, 0.2) is 31.7 Å². The number of hydrogen-bond acceptors (Lipinski definition) is 6. The first-order valence-corrected chi connectivity index (χ1v) is 7.68. The van der Waals surface area contributed by atoms with Crippen LogP contribution in [0.4, 0.5) is 5.69 Å². The molecule has 0 saturated heterocycles. The average Bonchev–Trinajstić information content (AvgIpc) is 2.44. The number of nitrogens with zero attached hydrogens (tertiary/aromatic N) is 3. The van der Waals surface area contributed by atoms with Gasteiger partial charge in [-0.15, -0.1) is 0 Å². The molecule has 1 aromatic heterocycles.